The number of anilines is 2. The van der Waals surface area contributed by atoms with Gasteiger partial charge in [-0.05, 0) is 47.1 Å². The van der Waals surface area contributed by atoms with Crippen LogP contribution in [0.25, 0.3) is 0 Å². The van der Waals surface area contributed by atoms with Crippen LogP contribution in [0.1, 0.15) is 38.9 Å². The van der Waals surface area contributed by atoms with Crippen molar-refractivity contribution in [1.82, 2.24) is 15.3 Å². The number of nitrogens with one attached hydrogen (secondary N) is 3. The van der Waals surface area contributed by atoms with Crippen molar-refractivity contribution in [2.45, 2.75) is 51.6 Å². The second-order valence-corrected chi connectivity index (χ2v) is 6.00. The Labute approximate surface area is 115 Å². The molecule has 0 aliphatic heterocycles. The van der Waals surface area contributed by atoms with Crippen LogP contribution >= 0.6 is 0 Å². The normalized spacial score (nSPS) is 16.0. The van der Waals surface area contributed by atoms with Crippen molar-refractivity contribution in [1.29, 1.82) is 0 Å². The van der Waals surface area contributed by atoms with Gasteiger partial charge < -0.3 is 16.0 Å². The first kappa shape index (κ1) is 14.1. The molecule has 1 heterocycles. The van der Waals surface area contributed by atoms with E-state index in [-0.39, 0.29) is 5.54 Å². The molecule has 0 aromatic carbocycles. The molecule has 3 N–H and O–H groups in total. The summed E-state index contributed by atoms with van der Waals surface area (Å²) >= 11 is 0. The smallest absolute Gasteiger partial charge is 0.132 e. The van der Waals surface area contributed by atoms with E-state index >= 15 is 0 Å². The molecule has 106 valence electrons. The van der Waals surface area contributed by atoms with E-state index in [2.05, 4.69) is 39.8 Å². The molecule has 0 spiro atoms. The molecule has 1 saturated carbocycles. The van der Waals surface area contributed by atoms with E-state index < -0.39 is 0 Å². The van der Waals surface area contributed by atoms with Crippen LogP contribution in [-0.4, -0.2) is 35.1 Å². The summed E-state index contributed by atoms with van der Waals surface area (Å²) in [7, 11) is 1.96. The Kier molecular flexibility index (Phi) is 4.24. The van der Waals surface area contributed by atoms with Gasteiger partial charge >= 0.3 is 0 Å². The lowest BCUT2D eigenvalue weighted by Gasteiger charge is -2.29. The molecular weight excluding hydrogens is 238 g/mol. The molecule has 1 aliphatic carbocycles. The Morgan fingerprint density at radius 1 is 1.26 bits per heavy atom. The summed E-state index contributed by atoms with van der Waals surface area (Å²) in [4.78, 5) is 8.92. The third kappa shape index (κ3) is 4.06. The van der Waals surface area contributed by atoms with Crippen LogP contribution in [0, 0.1) is 6.92 Å². The maximum atomic E-state index is 4.46. The highest BCUT2D eigenvalue weighted by molar-refractivity contribution is 5.49. The molecular formula is C14H25N5. The topological polar surface area (TPSA) is 61.9 Å². The van der Waals surface area contributed by atoms with E-state index in [0.717, 1.165) is 24.0 Å². The minimum atomic E-state index is -0.0384. The van der Waals surface area contributed by atoms with Crippen molar-refractivity contribution in [3.05, 3.63) is 11.9 Å². The highest BCUT2D eigenvalue weighted by Crippen LogP contribution is 2.23. The molecule has 0 unspecified atom stereocenters. The van der Waals surface area contributed by atoms with Crippen LogP contribution < -0.4 is 16.0 Å². The van der Waals surface area contributed by atoms with Gasteiger partial charge in [-0.3, -0.25) is 0 Å². The van der Waals surface area contributed by atoms with Crippen LogP contribution in [0.15, 0.2) is 6.07 Å². The lowest BCUT2D eigenvalue weighted by Crippen LogP contribution is -2.41. The summed E-state index contributed by atoms with van der Waals surface area (Å²) in [5, 5.41) is 10.1. The molecule has 0 radical (unpaired) electrons. The second-order valence-electron chi connectivity index (χ2n) is 6.00. The van der Waals surface area contributed by atoms with Crippen molar-refractivity contribution in [2.75, 3.05) is 24.2 Å². The third-order valence-electron chi connectivity index (χ3n) is 3.38. The molecule has 0 bridgehead atoms. The van der Waals surface area contributed by atoms with Crippen molar-refractivity contribution in [2.24, 2.45) is 0 Å². The van der Waals surface area contributed by atoms with E-state index in [1.54, 1.807) is 0 Å². The first-order valence-corrected chi connectivity index (χ1v) is 7.03. The number of rotatable bonds is 6. The van der Waals surface area contributed by atoms with Crippen molar-refractivity contribution in [3.8, 4) is 0 Å². The van der Waals surface area contributed by atoms with Gasteiger partial charge in [-0.15, -0.1) is 0 Å². The van der Waals surface area contributed by atoms with Gasteiger partial charge in [-0.2, -0.15) is 0 Å². The summed E-state index contributed by atoms with van der Waals surface area (Å²) in [6, 6.07) is 2.59. The molecule has 19 heavy (non-hydrogen) atoms. The predicted molar refractivity (Wildman–Crippen MR) is 79.7 cm³/mol. The van der Waals surface area contributed by atoms with Crippen LogP contribution in [0.3, 0.4) is 0 Å². The molecule has 0 saturated heterocycles. The van der Waals surface area contributed by atoms with Crippen LogP contribution in [0.4, 0.5) is 11.6 Å². The monoisotopic (exact) mass is 263 g/mol. The summed E-state index contributed by atoms with van der Waals surface area (Å²) < 4.78 is 0. The van der Waals surface area contributed by atoms with E-state index in [4.69, 9.17) is 0 Å². The van der Waals surface area contributed by atoms with Gasteiger partial charge in [0.2, 0.25) is 0 Å². The van der Waals surface area contributed by atoms with E-state index in [9.17, 15) is 0 Å². The molecule has 0 amide bonds. The lowest BCUT2D eigenvalue weighted by atomic mass is 9.93. The zero-order valence-electron chi connectivity index (χ0n) is 12.4. The maximum Gasteiger partial charge on any atom is 0.132 e. The van der Waals surface area contributed by atoms with Gasteiger partial charge in [0.1, 0.15) is 17.5 Å². The molecule has 1 aromatic heterocycles. The maximum absolute atomic E-state index is 4.46. The van der Waals surface area contributed by atoms with Gasteiger partial charge in [0.15, 0.2) is 0 Å². The van der Waals surface area contributed by atoms with Gasteiger partial charge in [0.05, 0.1) is 0 Å². The summed E-state index contributed by atoms with van der Waals surface area (Å²) in [5.41, 5.74) is -0.0384. The fourth-order valence-electron chi connectivity index (χ4n) is 2.30. The van der Waals surface area contributed by atoms with E-state index in [1.165, 1.54) is 19.3 Å². The third-order valence-corrected chi connectivity index (χ3v) is 3.38. The number of hydrogen-bond acceptors (Lipinski definition) is 5. The Bertz CT molecular complexity index is 426. The SMILES string of the molecule is CNCC(C)(C)Nc1cc(NC2CCC2)nc(C)n1. The van der Waals surface area contributed by atoms with Crippen LogP contribution in [-0.2, 0) is 0 Å². The number of aryl methyl sites for hydroxylation is 1. The minimum Gasteiger partial charge on any atom is -0.367 e. The van der Waals surface area contributed by atoms with Crippen molar-refractivity contribution >= 4 is 11.6 Å². The number of likely N-dealkylation sites (N-methyl/N-ethyl adjacent to an activating group) is 1. The average molecular weight is 263 g/mol. The van der Waals surface area contributed by atoms with Crippen molar-refractivity contribution < 1.29 is 0 Å². The minimum absolute atomic E-state index is 0.0384. The standard InChI is InChI=1S/C14H25N5/c1-10-16-12(18-11-6-5-7-11)8-13(17-10)19-14(2,3)9-15-4/h8,11,15H,5-7,9H2,1-4H3,(H2,16,17,18,19). The molecule has 0 atom stereocenters. The summed E-state index contributed by atoms with van der Waals surface area (Å²) in [6.07, 6.45) is 3.82. The van der Waals surface area contributed by atoms with E-state index in [0.29, 0.717) is 6.04 Å². The quantitative estimate of drug-likeness (QED) is 0.734. The molecule has 5 heteroatoms. The molecule has 2 rings (SSSR count). The summed E-state index contributed by atoms with van der Waals surface area (Å²) in [6.45, 7) is 7.11. The molecule has 1 fully saturated rings. The zero-order valence-corrected chi connectivity index (χ0v) is 12.4. The van der Waals surface area contributed by atoms with Gasteiger partial charge in [-0.25, -0.2) is 9.97 Å². The van der Waals surface area contributed by atoms with Crippen LogP contribution in [0.5, 0.6) is 0 Å². The number of nitrogens with zero attached hydrogens (tertiary/aromatic N) is 2. The molecule has 1 aliphatic rings. The van der Waals surface area contributed by atoms with Gasteiger partial charge in [0, 0.05) is 24.2 Å². The highest BCUT2D eigenvalue weighted by Gasteiger charge is 2.20. The Hall–Kier alpha value is -1.36. The van der Waals surface area contributed by atoms with Crippen molar-refractivity contribution in [3.63, 3.8) is 0 Å². The Balaban J connectivity index is 2.07. The highest BCUT2D eigenvalue weighted by atomic mass is 15.1. The van der Waals surface area contributed by atoms with Crippen LogP contribution in [0.2, 0.25) is 0 Å². The van der Waals surface area contributed by atoms with E-state index in [1.807, 2.05) is 20.0 Å². The molecule has 5 nitrogen and oxygen atoms in total. The number of hydrogen-bond donors (Lipinski definition) is 3. The predicted octanol–water partition coefficient (Wildman–Crippen LogP) is 2.16. The average Bonchev–Trinajstić information content (AvgIpc) is 2.21. The fourth-order valence-corrected chi connectivity index (χ4v) is 2.30. The first-order valence-electron chi connectivity index (χ1n) is 7.03. The van der Waals surface area contributed by atoms with Gasteiger partial charge in [0.25, 0.3) is 0 Å². The van der Waals surface area contributed by atoms with Gasteiger partial charge in [-0.1, -0.05) is 0 Å². The fraction of sp³-hybridized carbons (Fsp3) is 0.714. The lowest BCUT2D eigenvalue weighted by molar-refractivity contribution is 0.444. The Morgan fingerprint density at radius 2 is 1.95 bits per heavy atom. The Morgan fingerprint density at radius 3 is 2.53 bits per heavy atom. The number of aromatic nitrogens is 2. The second kappa shape index (κ2) is 5.74. The first-order chi connectivity index (χ1) is 8.98. The zero-order chi connectivity index (χ0) is 13.9. The largest absolute Gasteiger partial charge is 0.367 e. The summed E-state index contributed by atoms with van der Waals surface area (Å²) in [5.74, 6) is 2.61. The molecule has 1 aromatic rings.